The van der Waals surface area contributed by atoms with Crippen molar-refractivity contribution in [3.8, 4) is 0 Å². The highest BCUT2D eigenvalue weighted by Gasteiger charge is 2.51. The molecule has 0 aliphatic carbocycles. The highest BCUT2D eigenvalue weighted by molar-refractivity contribution is 5.73. The van der Waals surface area contributed by atoms with Gasteiger partial charge >= 0.3 is 17.9 Å². The first-order valence-electron chi connectivity index (χ1n) is 10.4. The molecule has 3 rings (SSSR count). The Bertz CT molecular complexity index is 990. The van der Waals surface area contributed by atoms with Gasteiger partial charge in [0.15, 0.2) is 24.1 Å². The molecular formula is C17H20N4O8. The third-order valence-corrected chi connectivity index (χ3v) is 4.09. The Kier molecular flexibility index (Phi) is 4.92. The second-order valence-electron chi connectivity index (χ2n) is 5.96. The van der Waals surface area contributed by atoms with E-state index in [1.54, 1.807) is 0 Å². The number of esters is 3. The molecule has 156 valence electrons. The van der Waals surface area contributed by atoms with Crippen molar-refractivity contribution in [2.75, 3.05) is 6.61 Å². The minimum absolute atomic E-state index is 0.218. The molecule has 29 heavy (non-hydrogen) atoms. The summed E-state index contributed by atoms with van der Waals surface area (Å²) in [5, 5.41) is 9.47. The molecule has 0 saturated carbocycles. The molecule has 1 aliphatic rings. The Morgan fingerprint density at radius 3 is 2.55 bits per heavy atom. The van der Waals surface area contributed by atoms with Crippen LogP contribution in [0.25, 0.3) is 11.2 Å². The average molecular weight is 411 g/mol. The molecule has 2 aromatic heterocycles. The molecule has 2 aromatic rings. The summed E-state index contributed by atoms with van der Waals surface area (Å²) < 4.78 is 44.3. The van der Waals surface area contributed by atoms with Gasteiger partial charge in [0.05, 0.1) is 18.6 Å². The van der Waals surface area contributed by atoms with Crippen LogP contribution in [0.15, 0.2) is 12.7 Å². The molecule has 12 nitrogen and oxygen atoms in total. The van der Waals surface area contributed by atoms with Gasteiger partial charge < -0.3 is 24.1 Å². The molecule has 0 spiro atoms. The van der Waals surface area contributed by atoms with Crippen molar-refractivity contribution in [2.45, 2.75) is 51.8 Å². The lowest BCUT2D eigenvalue weighted by Gasteiger charge is -2.23. The summed E-state index contributed by atoms with van der Waals surface area (Å²) in [7, 11) is 0. The minimum Gasteiger partial charge on any atom is -0.463 e. The van der Waals surface area contributed by atoms with Gasteiger partial charge in [-0.1, -0.05) is 0 Å². The van der Waals surface area contributed by atoms with Crippen molar-refractivity contribution in [1.82, 2.24) is 19.5 Å². The fourth-order valence-electron chi connectivity index (χ4n) is 3.01. The van der Waals surface area contributed by atoms with E-state index in [1.807, 2.05) is 0 Å². The van der Waals surface area contributed by atoms with Crippen LogP contribution in [0.2, 0.25) is 0 Å². The molecule has 0 amide bonds. The van der Waals surface area contributed by atoms with Crippen molar-refractivity contribution in [3.63, 3.8) is 0 Å². The number of hydrogen-bond donors (Lipinski definition) is 1. The topological polar surface area (TPSA) is 152 Å². The summed E-state index contributed by atoms with van der Waals surface area (Å²) in [4.78, 5) is 47.4. The fourth-order valence-corrected chi connectivity index (χ4v) is 3.01. The van der Waals surface area contributed by atoms with Gasteiger partial charge in [-0.25, -0.2) is 15.0 Å². The lowest BCUT2D eigenvalue weighted by atomic mass is 10.1. The predicted molar refractivity (Wildman–Crippen MR) is 92.9 cm³/mol. The van der Waals surface area contributed by atoms with Gasteiger partial charge in [-0.3, -0.25) is 19.0 Å². The number of nitrogens with zero attached hydrogens (tertiary/aromatic N) is 4. The first kappa shape index (κ1) is 16.8. The lowest BCUT2D eigenvalue weighted by Crippen LogP contribution is -2.40. The zero-order chi connectivity index (χ0) is 23.3. The van der Waals surface area contributed by atoms with E-state index in [4.69, 9.17) is 23.1 Å². The molecule has 0 radical (unpaired) electrons. The van der Waals surface area contributed by atoms with Gasteiger partial charge in [0.1, 0.15) is 24.6 Å². The number of carbonyl (C=O) groups is 3. The van der Waals surface area contributed by atoms with Gasteiger partial charge in [0.2, 0.25) is 0 Å². The van der Waals surface area contributed by atoms with Crippen LogP contribution in [0.4, 0.5) is 0 Å². The summed E-state index contributed by atoms with van der Waals surface area (Å²) in [6.45, 7) is -2.92. The number of imidazole rings is 1. The number of fused-ring (bicyclic) bond motifs is 1. The monoisotopic (exact) mass is 411 g/mol. The molecule has 12 heteroatoms. The molecule has 4 atom stereocenters. The van der Waals surface area contributed by atoms with E-state index >= 15 is 0 Å². The highest BCUT2D eigenvalue weighted by atomic mass is 16.7. The Hall–Kier alpha value is -3.12. The van der Waals surface area contributed by atoms with Crippen molar-refractivity contribution < 1.29 is 42.5 Å². The van der Waals surface area contributed by atoms with E-state index in [0.29, 0.717) is 0 Å². The molecule has 1 N–H and O–H groups in total. The first-order valence-corrected chi connectivity index (χ1v) is 8.28. The summed E-state index contributed by atoms with van der Waals surface area (Å²) in [5.41, 5.74) is 0.716. The van der Waals surface area contributed by atoms with E-state index in [9.17, 15) is 19.5 Å². The van der Waals surface area contributed by atoms with E-state index in [-0.39, 0.29) is 16.9 Å². The van der Waals surface area contributed by atoms with Crippen LogP contribution in [0.3, 0.4) is 0 Å². The molecule has 1 unspecified atom stereocenters. The lowest BCUT2D eigenvalue weighted by molar-refractivity contribution is -0.166. The van der Waals surface area contributed by atoms with Crippen LogP contribution >= 0.6 is 0 Å². The number of ether oxygens (including phenoxy) is 4. The molecule has 1 saturated heterocycles. The fraction of sp³-hybridized carbons (Fsp3) is 0.529. The zero-order valence-corrected chi connectivity index (χ0v) is 15.1. The SMILES string of the molecule is [2H]CC(=O)OC[C@H]1OC(n2cnc3c(CO)ncnc32)[C@H](OC(=O)C[2H])[C@@H]1OC(=O)C[2H]. The Morgan fingerprint density at radius 1 is 1.14 bits per heavy atom. The van der Waals surface area contributed by atoms with Gasteiger partial charge in [-0.05, 0) is 0 Å². The number of aliphatic hydroxyl groups is 1. The largest absolute Gasteiger partial charge is 0.463 e. The molecule has 3 heterocycles. The van der Waals surface area contributed by atoms with E-state index in [2.05, 4.69) is 15.0 Å². The molecular weight excluding hydrogens is 388 g/mol. The summed E-state index contributed by atoms with van der Waals surface area (Å²) in [5.74, 6) is -2.73. The van der Waals surface area contributed by atoms with E-state index < -0.39 is 76.4 Å². The van der Waals surface area contributed by atoms with Crippen LogP contribution in [0, 0.1) is 0 Å². The van der Waals surface area contributed by atoms with Gasteiger partial charge in [-0.15, -0.1) is 0 Å². The highest BCUT2D eigenvalue weighted by Crippen LogP contribution is 2.36. The van der Waals surface area contributed by atoms with Crippen LogP contribution in [0.5, 0.6) is 0 Å². The number of aromatic nitrogens is 4. The third kappa shape index (κ3) is 4.32. The predicted octanol–water partition coefficient (Wildman–Crippen LogP) is -0.358. The Morgan fingerprint density at radius 2 is 1.86 bits per heavy atom. The van der Waals surface area contributed by atoms with Crippen molar-refractivity contribution >= 4 is 29.1 Å². The maximum absolute atomic E-state index is 11.9. The van der Waals surface area contributed by atoms with Crippen molar-refractivity contribution in [3.05, 3.63) is 18.3 Å². The number of carbonyl (C=O) groups excluding carboxylic acids is 3. The summed E-state index contributed by atoms with van der Waals surface area (Å²) in [6.07, 6.45) is -2.38. The van der Waals surface area contributed by atoms with Crippen LogP contribution in [-0.4, -0.2) is 67.5 Å². The van der Waals surface area contributed by atoms with Gasteiger partial charge in [0, 0.05) is 24.8 Å². The van der Waals surface area contributed by atoms with Gasteiger partial charge in [0.25, 0.3) is 0 Å². The summed E-state index contributed by atoms with van der Waals surface area (Å²) in [6, 6.07) is 0. The van der Waals surface area contributed by atoms with Crippen LogP contribution in [0.1, 0.15) is 36.7 Å². The standard InChI is InChI=1S/C17H20N4O8/c1-8(23)26-5-12-14(27-9(2)24)15(28-10(3)25)17(29-12)21-7-20-13-11(4-22)18-6-19-16(13)21/h6-7,12,14-15,17,22H,4-5H2,1-3H3/t12-,14-,15-,17?/m1/s1/i1D,2D,3D. The van der Waals surface area contributed by atoms with Crippen LogP contribution < -0.4 is 0 Å². The van der Waals surface area contributed by atoms with Crippen molar-refractivity contribution in [1.29, 1.82) is 0 Å². The molecule has 0 bridgehead atoms. The maximum atomic E-state index is 11.9. The Balaban J connectivity index is 2.01. The first-order chi connectivity index (χ1) is 15.4. The zero-order valence-electron chi connectivity index (χ0n) is 18.1. The minimum atomic E-state index is -1.30. The van der Waals surface area contributed by atoms with Gasteiger partial charge in [-0.2, -0.15) is 0 Å². The summed E-state index contributed by atoms with van der Waals surface area (Å²) >= 11 is 0. The molecule has 0 aromatic carbocycles. The third-order valence-electron chi connectivity index (χ3n) is 4.09. The van der Waals surface area contributed by atoms with E-state index in [1.165, 1.54) is 17.2 Å². The molecule has 1 aliphatic heterocycles. The maximum Gasteiger partial charge on any atom is 0.303 e. The smallest absolute Gasteiger partial charge is 0.303 e. The number of aliphatic hydroxyl groups excluding tert-OH is 1. The van der Waals surface area contributed by atoms with Crippen molar-refractivity contribution in [2.24, 2.45) is 0 Å². The Labute approximate surface area is 169 Å². The number of rotatable bonds is 6. The molecule has 1 fully saturated rings. The number of hydrogen-bond acceptors (Lipinski definition) is 11. The second kappa shape index (κ2) is 8.49. The second-order valence-corrected chi connectivity index (χ2v) is 5.96. The quantitative estimate of drug-likeness (QED) is 0.490. The van der Waals surface area contributed by atoms with Crippen LogP contribution in [-0.2, 0) is 39.9 Å². The normalized spacial score (nSPS) is 25.1. The van der Waals surface area contributed by atoms with E-state index in [0.717, 1.165) is 0 Å². The average Bonchev–Trinajstić information content (AvgIpc) is 3.38.